The first-order valence-electron chi connectivity index (χ1n) is 6.04. The number of nitrogens with zero attached hydrogens (tertiary/aromatic N) is 1. The van der Waals surface area contributed by atoms with Gasteiger partial charge >= 0.3 is 0 Å². The van der Waals surface area contributed by atoms with Crippen molar-refractivity contribution in [3.63, 3.8) is 0 Å². The normalized spacial score (nSPS) is 10.5. The number of carbonyl (C=O) groups excluding carboxylic acids is 1. The number of hydrogen-bond acceptors (Lipinski definition) is 2. The molecule has 1 heterocycles. The minimum absolute atomic E-state index is 0.229. The minimum atomic E-state index is -0.368. The second-order valence-corrected chi connectivity index (χ2v) is 4.64. The van der Waals surface area contributed by atoms with E-state index in [4.69, 9.17) is 4.42 Å². The zero-order valence-corrected chi connectivity index (χ0v) is 11.2. The Bertz CT molecular complexity index is 604. The lowest BCUT2D eigenvalue weighted by Crippen LogP contribution is -2.26. The Balaban J connectivity index is 2.12. The molecule has 1 aromatic heterocycles. The average Bonchev–Trinajstić information content (AvgIpc) is 2.77. The fourth-order valence-electron chi connectivity index (χ4n) is 1.82. The molecule has 0 fully saturated rings. The first kappa shape index (κ1) is 13.3. The summed E-state index contributed by atoms with van der Waals surface area (Å²) in [5, 5.41) is 0. The standard InChI is InChI=1S/C15H16FNO2/c1-10-4-6-12(8-14(10)16)15(18)17(3)9-13-7-5-11(2)19-13/h4-8H,9H2,1-3H3. The summed E-state index contributed by atoms with van der Waals surface area (Å²) in [6, 6.07) is 8.17. The third-order valence-electron chi connectivity index (χ3n) is 2.95. The first-order valence-corrected chi connectivity index (χ1v) is 6.04. The molecule has 0 aliphatic carbocycles. The van der Waals surface area contributed by atoms with Gasteiger partial charge in [0.05, 0.1) is 6.54 Å². The lowest BCUT2D eigenvalue weighted by Gasteiger charge is -2.16. The molecule has 100 valence electrons. The molecule has 0 unspecified atom stereocenters. The van der Waals surface area contributed by atoms with Crippen molar-refractivity contribution in [2.24, 2.45) is 0 Å². The number of amides is 1. The zero-order valence-electron chi connectivity index (χ0n) is 11.2. The van der Waals surface area contributed by atoms with Crippen LogP contribution in [0.2, 0.25) is 0 Å². The van der Waals surface area contributed by atoms with Crippen LogP contribution in [0.25, 0.3) is 0 Å². The maximum atomic E-state index is 13.4. The van der Waals surface area contributed by atoms with Gasteiger partial charge in [-0.2, -0.15) is 0 Å². The maximum Gasteiger partial charge on any atom is 0.254 e. The van der Waals surface area contributed by atoms with Crippen LogP contribution in [0.1, 0.15) is 27.4 Å². The van der Waals surface area contributed by atoms with Gasteiger partial charge in [-0.1, -0.05) is 6.07 Å². The molecule has 0 aliphatic heterocycles. The molecule has 2 rings (SSSR count). The minimum Gasteiger partial charge on any atom is -0.464 e. The number of benzene rings is 1. The van der Waals surface area contributed by atoms with E-state index in [0.717, 1.165) is 5.76 Å². The smallest absolute Gasteiger partial charge is 0.254 e. The number of rotatable bonds is 3. The number of carbonyl (C=O) groups is 1. The molecule has 0 spiro atoms. The Kier molecular flexibility index (Phi) is 3.69. The highest BCUT2D eigenvalue weighted by Gasteiger charge is 2.14. The van der Waals surface area contributed by atoms with Crippen molar-refractivity contribution in [3.05, 3.63) is 58.8 Å². The van der Waals surface area contributed by atoms with Gasteiger partial charge in [0.2, 0.25) is 0 Å². The second-order valence-electron chi connectivity index (χ2n) is 4.64. The molecule has 0 radical (unpaired) electrons. The van der Waals surface area contributed by atoms with Gasteiger partial charge in [0.15, 0.2) is 0 Å². The highest BCUT2D eigenvalue weighted by atomic mass is 19.1. The molecule has 1 amide bonds. The van der Waals surface area contributed by atoms with Crippen molar-refractivity contribution in [1.29, 1.82) is 0 Å². The summed E-state index contributed by atoms with van der Waals surface area (Å²) in [5.74, 6) is 0.916. The molecule has 0 atom stereocenters. The van der Waals surface area contributed by atoms with E-state index >= 15 is 0 Å². The highest BCUT2D eigenvalue weighted by Crippen LogP contribution is 2.14. The van der Waals surface area contributed by atoms with Crippen LogP contribution in [-0.2, 0) is 6.54 Å². The third-order valence-corrected chi connectivity index (χ3v) is 2.95. The van der Waals surface area contributed by atoms with Gasteiger partial charge in [-0.3, -0.25) is 4.79 Å². The monoisotopic (exact) mass is 261 g/mol. The van der Waals surface area contributed by atoms with Crippen molar-refractivity contribution in [2.75, 3.05) is 7.05 Å². The molecule has 0 saturated heterocycles. The molecule has 3 nitrogen and oxygen atoms in total. The molecule has 19 heavy (non-hydrogen) atoms. The van der Waals surface area contributed by atoms with Crippen molar-refractivity contribution in [2.45, 2.75) is 20.4 Å². The van der Waals surface area contributed by atoms with Crippen LogP contribution >= 0.6 is 0 Å². The van der Waals surface area contributed by atoms with Crippen LogP contribution in [-0.4, -0.2) is 17.9 Å². The van der Waals surface area contributed by atoms with E-state index in [1.165, 1.54) is 11.0 Å². The van der Waals surface area contributed by atoms with Crippen molar-refractivity contribution >= 4 is 5.91 Å². The summed E-state index contributed by atoms with van der Waals surface area (Å²) in [6.45, 7) is 3.88. The number of aryl methyl sites for hydroxylation is 2. The molecular weight excluding hydrogens is 245 g/mol. The molecule has 0 bridgehead atoms. The molecule has 0 saturated carbocycles. The molecule has 0 aliphatic rings. The maximum absolute atomic E-state index is 13.4. The van der Waals surface area contributed by atoms with Crippen LogP contribution < -0.4 is 0 Å². The molecule has 0 N–H and O–H groups in total. The van der Waals surface area contributed by atoms with Crippen LogP contribution in [0.4, 0.5) is 4.39 Å². The summed E-state index contributed by atoms with van der Waals surface area (Å²) in [7, 11) is 1.66. The van der Waals surface area contributed by atoms with Gasteiger partial charge < -0.3 is 9.32 Å². The largest absolute Gasteiger partial charge is 0.464 e. The summed E-state index contributed by atoms with van der Waals surface area (Å²) in [5.41, 5.74) is 0.870. The SMILES string of the molecule is Cc1ccc(CN(C)C(=O)c2ccc(C)c(F)c2)o1. The van der Waals surface area contributed by atoms with Crippen LogP contribution in [0.5, 0.6) is 0 Å². The lowest BCUT2D eigenvalue weighted by molar-refractivity contribution is 0.0774. The Labute approximate surface area is 111 Å². The van der Waals surface area contributed by atoms with E-state index in [0.29, 0.717) is 23.4 Å². The van der Waals surface area contributed by atoms with Crippen molar-refractivity contribution in [3.8, 4) is 0 Å². The van der Waals surface area contributed by atoms with E-state index in [2.05, 4.69) is 0 Å². The first-order chi connectivity index (χ1) is 8.97. The quantitative estimate of drug-likeness (QED) is 0.849. The third kappa shape index (κ3) is 3.02. The molecule has 1 aromatic carbocycles. The predicted octanol–water partition coefficient (Wildman–Crippen LogP) is 3.31. The van der Waals surface area contributed by atoms with Crippen LogP contribution in [0.3, 0.4) is 0 Å². The van der Waals surface area contributed by atoms with Crippen molar-refractivity contribution in [1.82, 2.24) is 4.90 Å². The van der Waals surface area contributed by atoms with E-state index < -0.39 is 0 Å². The number of furan rings is 1. The van der Waals surface area contributed by atoms with E-state index in [1.807, 2.05) is 19.1 Å². The van der Waals surface area contributed by atoms with E-state index in [-0.39, 0.29) is 11.7 Å². The zero-order chi connectivity index (χ0) is 14.0. The van der Waals surface area contributed by atoms with Crippen LogP contribution in [0, 0.1) is 19.7 Å². The number of hydrogen-bond donors (Lipinski definition) is 0. The summed E-state index contributed by atoms with van der Waals surface area (Å²) >= 11 is 0. The van der Waals surface area contributed by atoms with Crippen molar-refractivity contribution < 1.29 is 13.6 Å². The van der Waals surface area contributed by atoms with Crippen LogP contribution in [0.15, 0.2) is 34.7 Å². The lowest BCUT2D eigenvalue weighted by atomic mass is 10.1. The predicted molar refractivity (Wildman–Crippen MR) is 70.4 cm³/mol. The van der Waals surface area contributed by atoms with Gasteiger partial charge in [-0.25, -0.2) is 4.39 Å². The van der Waals surface area contributed by atoms with Gasteiger partial charge in [-0.15, -0.1) is 0 Å². The Morgan fingerprint density at radius 3 is 2.58 bits per heavy atom. The topological polar surface area (TPSA) is 33.5 Å². The number of halogens is 1. The fraction of sp³-hybridized carbons (Fsp3) is 0.267. The molecule has 4 heteroatoms. The van der Waals surface area contributed by atoms with Gasteiger partial charge in [0.25, 0.3) is 5.91 Å². The summed E-state index contributed by atoms with van der Waals surface area (Å²) < 4.78 is 18.9. The molecule has 2 aromatic rings. The Hall–Kier alpha value is -2.10. The van der Waals surface area contributed by atoms with E-state index in [9.17, 15) is 9.18 Å². The summed E-state index contributed by atoms with van der Waals surface area (Å²) in [4.78, 5) is 13.6. The van der Waals surface area contributed by atoms with Gasteiger partial charge in [0, 0.05) is 12.6 Å². The average molecular weight is 261 g/mol. The van der Waals surface area contributed by atoms with Gasteiger partial charge in [-0.05, 0) is 43.7 Å². The Morgan fingerprint density at radius 2 is 2.00 bits per heavy atom. The Morgan fingerprint density at radius 1 is 1.26 bits per heavy atom. The second kappa shape index (κ2) is 5.26. The van der Waals surface area contributed by atoms with Gasteiger partial charge in [0.1, 0.15) is 17.3 Å². The van der Waals surface area contributed by atoms with E-state index in [1.54, 1.807) is 26.1 Å². The summed E-state index contributed by atoms with van der Waals surface area (Å²) in [6.07, 6.45) is 0. The highest BCUT2D eigenvalue weighted by molar-refractivity contribution is 5.94. The fourth-order valence-corrected chi connectivity index (χ4v) is 1.82. The molecular formula is C15H16FNO2.